The number of benzene rings is 2. The first-order valence-electron chi connectivity index (χ1n) is 13.7. The number of carbonyl (C=O) groups excluding carboxylic acids is 1. The Hall–Kier alpha value is -2.00. The Morgan fingerprint density at radius 3 is 1.66 bits per heavy atom. The maximum absolute atomic E-state index is 12.2. The SMILES string of the molecule is CCCCCCCCCCCCCOc1ccc(-c2ccc(OC(=O)C(Cl)C(C)CC)cc2)cc1. The Balaban J connectivity index is 1.63. The predicted octanol–water partition coefficient (Wildman–Crippen LogP) is 9.60. The molecule has 0 heterocycles. The maximum atomic E-state index is 12.2. The molecule has 194 valence electrons. The van der Waals surface area contributed by atoms with Crippen LogP contribution in [-0.4, -0.2) is 18.0 Å². The van der Waals surface area contributed by atoms with Gasteiger partial charge in [-0.2, -0.15) is 0 Å². The Morgan fingerprint density at radius 2 is 1.17 bits per heavy atom. The van der Waals surface area contributed by atoms with E-state index in [4.69, 9.17) is 21.1 Å². The van der Waals surface area contributed by atoms with Gasteiger partial charge < -0.3 is 9.47 Å². The quantitative estimate of drug-likeness (QED) is 0.0883. The fraction of sp³-hybridized carbons (Fsp3) is 0.581. The Bertz CT molecular complexity index is 816. The third-order valence-corrected chi connectivity index (χ3v) is 7.25. The highest BCUT2D eigenvalue weighted by atomic mass is 35.5. The van der Waals surface area contributed by atoms with Crippen molar-refractivity contribution in [1.29, 1.82) is 0 Å². The number of alkyl halides is 1. The van der Waals surface area contributed by atoms with Crippen LogP contribution >= 0.6 is 11.6 Å². The molecule has 0 N–H and O–H groups in total. The molecule has 0 saturated carbocycles. The first kappa shape index (κ1) is 29.2. The van der Waals surface area contributed by atoms with Crippen molar-refractivity contribution in [2.75, 3.05) is 6.61 Å². The van der Waals surface area contributed by atoms with Crippen LogP contribution in [0.15, 0.2) is 48.5 Å². The highest BCUT2D eigenvalue weighted by Gasteiger charge is 2.23. The molecule has 0 radical (unpaired) electrons. The molecule has 0 aliphatic heterocycles. The normalized spacial score (nSPS) is 12.8. The second-order valence-electron chi connectivity index (χ2n) is 9.64. The van der Waals surface area contributed by atoms with Gasteiger partial charge in [0.15, 0.2) is 0 Å². The zero-order valence-electron chi connectivity index (χ0n) is 22.1. The molecule has 3 nitrogen and oxygen atoms in total. The van der Waals surface area contributed by atoms with Crippen LogP contribution in [0.3, 0.4) is 0 Å². The molecule has 2 unspecified atom stereocenters. The number of hydrogen-bond donors (Lipinski definition) is 0. The molecule has 0 aliphatic rings. The number of unbranched alkanes of at least 4 members (excludes halogenated alkanes) is 10. The van der Waals surface area contributed by atoms with E-state index >= 15 is 0 Å². The van der Waals surface area contributed by atoms with Gasteiger partial charge in [0.05, 0.1) is 6.61 Å². The maximum Gasteiger partial charge on any atom is 0.329 e. The van der Waals surface area contributed by atoms with E-state index in [0.717, 1.165) is 36.3 Å². The summed E-state index contributed by atoms with van der Waals surface area (Å²) in [5, 5.41) is -0.627. The highest BCUT2D eigenvalue weighted by Crippen LogP contribution is 2.26. The van der Waals surface area contributed by atoms with Crippen LogP contribution in [0.5, 0.6) is 11.5 Å². The Labute approximate surface area is 218 Å². The van der Waals surface area contributed by atoms with Crippen LogP contribution in [0.4, 0.5) is 0 Å². The summed E-state index contributed by atoms with van der Waals surface area (Å²) < 4.78 is 11.4. The summed E-state index contributed by atoms with van der Waals surface area (Å²) in [6.07, 6.45) is 15.6. The van der Waals surface area contributed by atoms with Crippen LogP contribution in [0.2, 0.25) is 0 Å². The van der Waals surface area contributed by atoms with Gasteiger partial charge in [-0.1, -0.05) is 116 Å². The number of halogens is 1. The van der Waals surface area contributed by atoms with Crippen molar-refractivity contribution in [2.45, 2.75) is 103 Å². The minimum atomic E-state index is -0.627. The summed E-state index contributed by atoms with van der Waals surface area (Å²) in [5.74, 6) is 1.11. The molecule has 2 aromatic carbocycles. The van der Waals surface area contributed by atoms with Gasteiger partial charge in [-0.15, -0.1) is 11.6 Å². The minimum Gasteiger partial charge on any atom is -0.494 e. The number of hydrogen-bond acceptors (Lipinski definition) is 3. The van der Waals surface area contributed by atoms with E-state index in [0.29, 0.717) is 5.75 Å². The molecule has 0 fully saturated rings. The van der Waals surface area contributed by atoms with Crippen molar-refractivity contribution in [2.24, 2.45) is 5.92 Å². The van der Waals surface area contributed by atoms with Crippen molar-refractivity contribution in [3.8, 4) is 22.6 Å². The fourth-order valence-corrected chi connectivity index (χ4v) is 4.25. The second-order valence-corrected chi connectivity index (χ2v) is 10.1. The van der Waals surface area contributed by atoms with E-state index in [2.05, 4.69) is 19.1 Å². The fourth-order valence-electron chi connectivity index (χ4n) is 4.03. The second kappa shape index (κ2) is 17.4. The van der Waals surface area contributed by atoms with E-state index < -0.39 is 11.3 Å². The average Bonchev–Trinajstić information content (AvgIpc) is 2.89. The largest absolute Gasteiger partial charge is 0.494 e. The molecule has 0 bridgehead atoms. The van der Waals surface area contributed by atoms with Crippen LogP contribution in [0.25, 0.3) is 11.1 Å². The summed E-state index contributed by atoms with van der Waals surface area (Å²) in [6.45, 7) is 7.01. The lowest BCUT2D eigenvalue weighted by atomic mass is 10.0. The summed E-state index contributed by atoms with van der Waals surface area (Å²) in [7, 11) is 0. The molecule has 35 heavy (non-hydrogen) atoms. The van der Waals surface area contributed by atoms with E-state index in [1.54, 1.807) is 0 Å². The van der Waals surface area contributed by atoms with Gasteiger partial charge in [0.2, 0.25) is 0 Å². The summed E-state index contributed by atoms with van der Waals surface area (Å²) in [5.41, 5.74) is 2.16. The lowest BCUT2D eigenvalue weighted by Gasteiger charge is -2.15. The molecule has 2 aromatic rings. The highest BCUT2D eigenvalue weighted by molar-refractivity contribution is 6.30. The zero-order chi connectivity index (χ0) is 25.3. The molecule has 0 aromatic heterocycles. The van der Waals surface area contributed by atoms with Crippen molar-refractivity contribution in [3.05, 3.63) is 48.5 Å². The van der Waals surface area contributed by atoms with E-state index in [9.17, 15) is 4.79 Å². The van der Waals surface area contributed by atoms with E-state index in [1.165, 1.54) is 64.2 Å². The lowest BCUT2D eigenvalue weighted by molar-refractivity contribution is -0.134. The minimum absolute atomic E-state index is 0.0825. The van der Waals surface area contributed by atoms with Gasteiger partial charge in [-0.05, 0) is 47.7 Å². The van der Waals surface area contributed by atoms with Crippen LogP contribution in [0.1, 0.15) is 97.8 Å². The topological polar surface area (TPSA) is 35.5 Å². The molecule has 0 amide bonds. The molecule has 0 aliphatic carbocycles. The van der Waals surface area contributed by atoms with Crippen molar-refractivity contribution < 1.29 is 14.3 Å². The Kier molecular flexibility index (Phi) is 14.6. The monoisotopic (exact) mass is 500 g/mol. The van der Waals surface area contributed by atoms with Gasteiger partial charge in [-0.3, -0.25) is 4.79 Å². The summed E-state index contributed by atoms with van der Waals surface area (Å²) in [4.78, 5) is 12.2. The third-order valence-electron chi connectivity index (χ3n) is 6.65. The molecular weight excluding hydrogens is 456 g/mol. The van der Waals surface area contributed by atoms with E-state index in [1.807, 2.05) is 50.2 Å². The molecule has 2 atom stereocenters. The zero-order valence-corrected chi connectivity index (χ0v) is 22.8. The van der Waals surface area contributed by atoms with Gasteiger partial charge in [-0.25, -0.2) is 0 Å². The molecule has 2 rings (SSSR count). The summed E-state index contributed by atoms with van der Waals surface area (Å²) >= 11 is 6.18. The van der Waals surface area contributed by atoms with Gasteiger partial charge in [0.25, 0.3) is 0 Å². The van der Waals surface area contributed by atoms with Crippen LogP contribution < -0.4 is 9.47 Å². The first-order chi connectivity index (χ1) is 17.0. The van der Waals surface area contributed by atoms with Crippen molar-refractivity contribution >= 4 is 17.6 Å². The standard InChI is InChI=1S/C31H45ClO3/c1-4-6-7-8-9-10-11-12-13-14-15-24-34-28-20-16-26(17-21-28)27-18-22-29(23-19-27)35-31(33)30(32)25(3)5-2/h16-23,25,30H,4-15,24H2,1-3H3. The van der Waals surface area contributed by atoms with Crippen molar-refractivity contribution in [3.63, 3.8) is 0 Å². The van der Waals surface area contributed by atoms with Gasteiger partial charge >= 0.3 is 5.97 Å². The Morgan fingerprint density at radius 1 is 0.714 bits per heavy atom. The summed E-state index contributed by atoms with van der Waals surface area (Å²) in [6, 6.07) is 15.7. The van der Waals surface area contributed by atoms with Crippen LogP contribution in [0, 0.1) is 5.92 Å². The molecule has 0 spiro atoms. The molecule has 0 saturated heterocycles. The number of ether oxygens (including phenoxy) is 2. The average molecular weight is 501 g/mol. The first-order valence-corrected chi connectivity index (χ1v) is 14.2. The number of rotatable bonds is 18. The number of carbonyl (C=O) groups is 1. The van der Waals surface area contributed by atoms with Crippen LogP contribution in [-0.2, 0) is 4.79 Å². The smallest absolute Gasteiger partial charge is 0.329 e. The number of esters is 1. The van der Waals surface area contributed by atoms with Gasteiger partial charge in [0.1, 0.15) is 16.9 Å². The van der Waals surface area contributed by atoms with Gasteiger partial charge in [0, 0.05) is 0 Å². The van der Waals surface area contributed by atoms with E-state index in [-0.39, 0.29) is 5.92 Å². The molecular formula is C31H45ClO3. The lowest BCUT2D eigenvalue weighted by Crippen LogP contribution is -2.26. The predicted molar refractivity (Wildman–Crippen MR) is 149 cm³/mol. The van der Waals surface area contributed by atoms with Crippen molar-refractivity contribution in [1.82, 2.24) is 0 Å². The third kappa shape index (κ3) is 11.5. The molecule has 4 heteroatoms.